The van der Waals surface area contributed by atoms with E-state index in [9.17, 15) is 13.2 Å². The summed E-state index contributed by atoms with van der Waals surface area (Å²) in [6.07, 6.45) is 6.38. The molecule has 19 heavy (non-hydrogen) atoms. The lowest BCUT2D eigenvalue weighted by atomic mass is 10.0. The highest BCUT2D eigenvalue weighted by molar-refractivity contribution is 7.90. The van der Waals surface area contributed by atoms with E-state index < -0.39 is 21.1 Å². The summed E-state index contributed by atoms with van der Waals surface area (Å²) >= 11 is 11.5. The second kappa shape index (κ2) is 5.77. The molecule has 0 saturated heterocycles. The molecule has 1 saturated carbocycles. The van der Waals surface area contributed by atoms with Crippen LogP contribution in [-0.4, -0.2) is 25.2 Å². The number of hydrogen-bond donors (Lipinski definition) is 0. The lowest BCUT2D eigenvalue weighted by Crippen LogP contribution is -2.23. The first kappa shape index (κ1) is 14.8. The van der Waals surface area contributed by atoms with Gasteiger partial charge in [0.2, 0.25) is 0 Å². The molecular formula is C12H13Cl2NO3S. The molecule has 0 aromatic rings. The number of hydrogen-bond acceptors (Lipinski definition) is 3. The summed E-state index contributed by atoms with van der Waals surface area (Å²) in [5.41, 5.74) is 0.0387. The Morgan fingerprint density at radius 2 is 1.68 bits per heavy atom. The highest BCUT2D eigenvalue weighted by Gasteiger charge is 2.28. The molecule has 104 valence electrons. The normalized spacial score (nSPS) is 24.3. The Morgan fingerprint density at radius 3 is 2.32 bits per heavy atom. The molecule has 0 atom stereocenters. The highest BCUT2D eigenvalue weighted by Crippen LogP contribution is 2.26. The second-order valence-corrected chi connectivity index (χ2v) is 7.29. The van der Waals surface area contributed by atoms with E-state index in [1.165, 1.54) is 6.08 Å². The summed E-state index contributed by atoms with van der Waals surface area (Å²) in [7, 11) is -3.61. The fourth-order valence-corrected chi connectivity index (χ4v) is 4.07. The predicted octanol–water partition coefficient (Wildman–Crippen LogP) is 2.92. The monoisotopic (exact) mass is 321 g/mol. The van der Waals surface area contributed by atoms with Crippen molar-refractivity contribution in [3.05, 3.63) is 22.2 Å². The summed E-state index contributed by atoms with van der Waals surface area (Å²) < 4.78 is 28.0. The maximum atomic E-state index is 12.2. The van der Waals surface area contributed by atoms with Gasteiger partial charge in [-0.05, 0) is 18.9 Å². The van der Waals surface area contributed by atoms with Gasteiger partial charge in [-0.25, -0.2) is 8.42 Å². The molecule has 0 aromatic carbocycles. The van der Waals surface area contributed by atoms with Crippen LogP contribution in [0.15, 0.2) is 26.6 Å². The van der Waals surface area contributed by atoms with Crippen LogP contribution in [0.5, 0.6) is 0 Å². The average molecular weight is 322 g/mol. The molecular weight excluding hydrogens is 309 g/mol. The maximum absolute atomic E-state index is 12.2. The first-order valence-electron chi connectivity index (χ1n) is 6.03. The van der Waals surface area contributed by atoms with E-state index in [2.05, 4.69) is 4.40 Å². The third-order valence-corrected chi connectivity index (χ3v) is 5.56. The van der Waals surface area contributed by atoms with Gasteiger partial charge in [0.25, 0.3) is 10.0 Å². The molecule has 0 aliphatic heterocycles. The minimum Gasteiger partial charge on any atom is -0.288 e. The molecule has 1 fully saturated rings. The molecule has 4 nitrogen and oxygen atoms in total. The molecule has 0 unspecified atom stereocenters. The molecule has 7 heteroatoms. The Morgan fingerprint density at radius 1 is 1.05 bits per heavy atom. The fourth-order valence-electron chi connectivity index (χ4n) is 2.16. The second-order valence-electron chi connectivity index (χ2n) is 4.60. The van der Waals surface area contributed by atoms with E-state index in [4.69, 9.17) is 23.2 Å². The fraction of sp³-hybridized carbons (Fsp3) is 0.500. The number of ketones is 1. The summed E-state index contributed by atoms with van der Waals surface area (Å²) in [5.74, 6) is -0.444. The number of carbonyl (C=O) groups is 1. The Labute approximate surface area is 122 Å². The molecule has 0 heterocycles. The largest absolute Gasteiger partial charge is 0.288 e. The van der Waals surface area contributed by atoms with Crippen molar-refractivity contribution in [2.24, 2.45) is 4.40 Å². The van der Waals surface area contributed by atoms with Crippen molar-refractivity contribution >= 4 is 44.7 Å². The zero-order chi connectivity index (χ0) is 14.0. The van der Waals surface area contributed by atoms with Crippen LogP contribution >= 0.6 is 23.2 Å². The molecule has 0 aromatic heterocycles. The Balaban J connectivity index is 2.29. The molecule has 0 bridgehead atoms. The van der Waals surface area contributed by atoms with Gasteiger partial charge in [-0.3, -0.25) is 4.79 Å². The average Bonchev–Trinajstić information content (AvgIpc) is 2.37. The minimum atomic E-state index is -3.61. The van der Waals surface area contributed by atoms with Gasteiger partial charge in [-0.2, -0.15) is 4.40 Å². The number of allylic oxidation sites excluding steroid dienone is 4. The molecule has 2 aliphatic carbocycles. The Bertz CT molecular complexity index is 584. The van der Waals surface area contributed by atoms with E-state index in [1.807, 2.05) is 0 Å². The van der Waals surface area contributed by atoms with E-state index in [-0.39, 0.29) is 15.8 Å². The van der Waals surface area contributed by atoms with Crippen LogP contribution in [0.25, 0.3) is 0 Å². The van der Waals surface area contributed by atoms with Crippen LogP contribution < -0.4 is 0 Å². The highest BCUT2D eigenvalue weighted by atomic mass is 35.5. The summed E-state index contributed by atoms with van der Waals surface area (Å²) in [6.45, 7) is 0. The van der Waals surface area contributed by atoms with Crippen LogP contribution in [0.3, 0.4) is 0 Å². The number of carbonyl (C=O) groups excluding carboxylic acids is 1. The Hall–Kier alpha value is -0.650. The third kappa shape index (κ3) is 3.46. The van der Waals surface area contributed by atoms with E-state index in [0.717, 1.165) is 25.3 Å². The first-order valence-corrected chi connectivity index (χ1v) is 8.29. The topological polar surface area (TPSA) is 63.6 Å². The summed E-state index contributed by atoms with van der Waals surface area (Å²) in [6, 6.07) is 0. The lowest BCUT2D eigenvalue weighted by molar-refractivity contribution is -0.110. The van der Waals surface area contributed by atoms with Crippen molar-refractivity contribution in [1.82, 2.24) is 0 Å². The van der Waals surface area contributed by atoms with Gasteiger partial charge < -0.3 is 0 Å². The SMILES string of the molecule is O=C1C=C(Cl)/C(=N/S(=O)(=O)C2CCCCC2)C=C1Cl. The third-order valence-electron chi connectivity index (χ3n) is 3.20. The number of sulfonamides is 1. The van der Waals surface area contributed by atoms with Gasteiger partial charge in [0, 0.05) is 6.08 Å². The van der Waals surface area contributed by atoms with Crippen molar-refractivity contribution in [2.75, 3.05) is 0 Å². The number of halogens is 2. The van der Waals surface area contributed by atoms with Crippen LogP contribution in [0.4, 0.5) is 0 Å². The van der Waals surface area contributed by atoms with Crippen LogP contribution in [0, 0.1) is 0 Å². The first-order chi connectivity index (χ1) is 8.90. The van der Waals surface area contributed by atoms with Gasteiger partial charge in [-0.1, -0.05) is 42.5 Å². The zero-order valence-electron chi connectivity index (χ0n) is 10.1. The molecule has 0 amide bonds. The smallest absolute Gasteiger partial charge is 0.256 e. The lowest BCUT2D eigenvalue weighted by Gasteiger charge is -2.19. The van der Waals surface area contributed by atoms with E-state index >= 15 is 0 Å². The van der Waals surface area contributed by atoms with Crippen molar-refractivity contribution in [1.29, 1.82) is 0 Å². The van der Waals surface area contributed by atoms with Gasteiger partial charge in [0.1, 0.15) is 0 Å². The van der Waals surface area contributed by atoms with Crippen molar-refractivity contribution in [2.45, 2.75) is 37.4 Å². The molecule has 2 aliphatic rings. The van der Waals surface area contributed by atoms with E-state index in [0.29, 0.717) is 12.8 Å². The molecule has 0 radical (unpaired) electrons. The molecule has 2 rings (SSSR count). The van der Waals surface area contributed by atoms with Crippen LogP contribution in [-0.2, 0) is 14.8 Å². The van der Waals surface area contributed by atoms with Crippen molar-refractivity contribution in [3.8, 4) is 0 Å². The quantitative estimate of drug-likeness (QED) is 0.734. The molecule has 0 N–H and O–H groups in total. The standard InChI is InChI=1S/C12H13Cl2NO3S/c13-9-7-12(16)10(14)6-11(9)15-19(17,18)8-4-2-1-3-5-8/h6-8H,1-5H2/b15-11+. The van der Waals surface area contributed by atoms with Crippen LogP contribution in [0.1, 0.15) is 32.1 Å². The molecule has 0 spiro atoms. The van der Waals surface area contributed by atoms with Crippen molar-refractivity contribution in [3.63, 3.8) is 0 Å². The van der Waals surface area contributed by atoms with Crippen LogP contribution in [0.2, 0.25) is 0 Å². The number of nitrogens with zero attached hydrogens (tertiary/aromatic N) is 1. The van der Waals surface area contributed by atoms with Crippen molar-refractivity contribution < 1.29 is 13.2 Å². The summed E-state index contributed by atoms with van der Waals surface area (Å²) in [5, 5.41) is -0.529. The minimum absolute atomic E-state index is 0.00813. The van der Waals surface area contributed by atoms with E-state index in [1.54, 1.807) is 0 Å². The van der Waals surface area contributed by atoms with Gasteiger partial charge >= 0.3 is 0 Å². The Kier molecular flexibility index (Phi) is 4.48. The zero-order valence-corrected chi connectivity index (χ0v) is 12.4. The number of rotatable bonds is 2. The maximum Gasteiger partial charge on any atom is 0.256 e. The van der Waals surface area contributed by atoms with Gasteiger partial charge in [-0.15, -0.1) is 0 Å². The van der Waals surface area contributed by atoms with Gasteiger partial charge in [0.05, 0.1) is 21.0 Å². The summed E-state index contributed by atoms with van der Waals surface area (Å²) in [4.78, 5) is 11.3. The predicted molar refractivity (Wildman–Crippen MR) is 76.1 cm³/mol. The van der Waals surface area contributed by atoms with Gasteiger partial charge in [0.15, 0.2) is 5.78 Å².